The molecule has 0 saturated carbocycles. The molecule has 2 fully saturated rings. The highest BCUT2D eigenvalue weighted by molar-refractivity contribution is 5.80. The quantitative estimate of drug-likeness (QED) is 0.888. The normalized spacial score (nSPS) is 23.7. The Labute approximate surface area is 154 Å². The summed E-state index contributed by atoms with van der Waals surface area (Å²) in [6, 6.07) is 7.41. The van der Waals surface area contributed by atoms with Gasteiger partial charge in [0, 0.05) is 31.7 Å². The lowest BCUT2D eigenvalue weighted by Gasteiger charge is -2.44. The van der Waals surface area contributed by atoms with Crippen LogP contribution in [0.2, 0.25) is 0 Å². The number of aryl methyl sites for hydroxylation is 1. The van der Waals surface area contributed by atoms with Crippen molar-refractivity contribution >= 4 is 16.8 Å². The van der Waals surface area contributed by atoms with Crippen LogP contribution in [0.5, 0.6) is 0 Å². The summed E-state index contributed by atoms with van der Waals surface area (Å²) in [5, 5.41) is 4.16. The molecule has 1 aromatic carbocycles. The van der Waals surface area contributed by atoms with E-state index in [1.54, 1.807) is 6.07 Å². The fourth-order valence-corrected chi connectivity index (χ4v) is 4.72. The van der Waals surface area contributed by atoms with E-state index in [0.29, 0.717) is 24.9 Å². The molecule has 2 aliphatic rings. The van der Waals surface area contributed by atoms with Crippen molar-refractivity contribution in [2.24, 2.45) is 5.92 Å². The van der Waals surface area contributed by atoms with Gasteiger partial charge in [0.15, 0.2) is 0 Å². The Kier molecular flexibility index (Phi) is 5.25. The molecule has 0 spiro atoms. The van der Waals surface area contributed by atoms with Gasteiger partial charge in [0.1, 0.15) is 5.82 Å². The molecule has 0 bridgehead atoms. The second kappa shape index (κ2) is 7.78. The number of amides is 1. The van der Waals surface area contributed by atoms with Crippen LogP contribution < -0.4 is 5.32 Å². The van der Waals surface area contributed by atoms with Gasteiger partial charge in [-0.25, -0.2) is 4.39 Å². The molecule has 2 aliphatic heterocycles. The molecule has 1 N–H and O–H groups in total. The van der Waals surface area contributed by atoms with Crippen molar-refractivity contribution in [2.75, 3.05) is 19.6 Å². The van der Waals surface area contributed by atoms with Crippen LogP contribution in [0.15, 0.2) is 30.5 Å². The zero-order valence-electron chi connectivity index (χ0n) is 15.3. The third-order valence-corrected chi connectivity index (χ3v) is 6.11. The Bertz CT molecular complexity index is 770. The van der Waals surface area contributed by atoms with Gasteiger partial charge in [0.05, 0.1) is 5.52 Å². The van der Waals surface area contributed by atoms with Gasteiger partial charge in [-0.3, -0.25) is 4.79 Å². The molecule has 4 nitrogen and oxygen atoms in total. The van der Waals surface area contributed by atoms with Gasteiger partial charge in [-0.2, -0.15) is 0 Å². The lowest BCUT2D eigenvalue weighted by Crippen LogP contribution is -2.51. The van der Waals surface area contributed by atoms with Crippen LogP contribution >= 0.6 is 0 Å². The molecule has 2 saturated heterocycles. The maximum atomic E-state index is 13.5. The number of carbonyl (C=O) groups excluding carboxylic acids is 1. The number of aromatic nitrogens is 1. The molecule has 0 unspecified atom stereocenters. The summed E-state index contributed by atoms with van der Waals surface area (Å²) in [5.41, 5.74) is 0.850. The van der Waals surface area contributed by atoms with Gasteiger partial charge < -0.3 is 14.8 Å². The minimum Gasteiger partial charge on any atom is -0.356 e. The minimum atomic E-state index is -0.240. The van der Waals surface area contributed by atoms with Crippen LogP contribution in [0.3, 0.4) is 0 Å². The van der Waals surface area contributed by atoms with E-state index in [4.69, 9.17) is 0 Å². The van der Waals surface area contributed by atoms with Crippen molar-refractivity contribution in [3.05, 3.63) is 36.3 Å². The van der Waals surface area contributed by atoms with E-state index in [2.05, 4.69) is 10.2 Å². The van der Waals surface area contributed by atoms with E-state index in [1.807, 2.05) is 16.8 Å². The molecule has 26 heavy (non-hydrogen) atoms. The molecular formula is C21H28FN3O. The van der Waals surface area contributed by atoms with Crippen molar-refractivity contribution in [3.63, 3.8) is 0 Å². The second-order valence-electron chi connectivity index (χ2n) is 7.77. The fourth-order valence-electron chi connectivity index (χ4n) is 4.72. The summed E-state index contributed by atoms with van der Waals surface area (Å²) in [5.74, 6) is 0.446. The third kappa shape index (κ3) is 3.78. The lowest BCUT2D eigenvalue weighted by molar-refractivity contribution is -0.121. The summed E-state index contributed by atoms with van der Waals surface area (Å²) in [4.78, 5) is 15.0. The third-order valence-electron chi connectivity index (χ3n) is 6.11. The Balaban J connectivity index is 1.29. The van der Waals surface area contributed by atoms with Gasteiger partial charge in [0.25, 0.3) is 0 Å². The molecule has 5 heteroatoms. The SMILES string of the molecule is O=C(CCn1ccc2ccc(F)cc21)NC[C@H]1CCCN2CCCC[C@H]12. The number of piperidine rings is 2. The predicted molar refractivity (Wildman–Crippen MR) is 101 cm³/mol. The average Bonchev–Trinajstić information content (AvgIpc) is 3.06. The van der Waals surface area contributed by atoms with Gasteiger partial charge in [-0.15, -0.1) is 0 Å². The Morgan fingerprint density at radius 1 is 1.15 bits per heavy atom. The van der Waals surface area contributed by atoms with Crippen molar-refractivity contribution in [1.82, 2.24) is 14.8 Å². The molecule has 3 heterocycles. The van der Waals surface area contributed by atoms with Gasteiger partial charge in [0.2, 0.25) is 5.91 Å². The lowest BCUT2D eigenvalue weighted by atomic mass is 9.83. The average molecular weight is 357 g/mol. The summed E-state index contributed by atoms with van der Waals surface area (Å²) in [6.45, 7) is 3.83. The highest BCUT2D eigenvalue weighted by Gasteiger charge is 2.32. The molecule has 0 radical (unpaired) electrons. The zero-order valence-corrected chi connectivity index (χ0v) is 15.3. The molecule has 0 aliphatic carbocycles. The van der Waals surface area contributed by atoms with Crippen molar-refractivity contribution in [2.45, 2.75) is 51.1 Å². The number of halogens is 1. The number of fused-ring (bicyclic) bond motifs is 2. The topological polar surface area (TPSA) is 37.3 Å². The largest absolute Gasteiger partial charge is 0.356 e. The monoisotopic (exact) mass is 357 g/mol. The highest BCUT2D eigenvalue weighted by atomic mass is 19.1. The Morgan fingerprint density at radius 2 is 2.04 bits per heavy atom. The first kappa shape index (κ1) is 17.5. The molecule has 1 aromatic heterocycles. The van der Waals surface area contributed by atoms with Crippen molar-refractivity contribution < 1.29 is 9.18 Å². The van der Waals surface area contributed by atoms with Crippen LogP contribution in [0.25, 0.3) is 10.9 Å². The standard InChI is InChI=1S/C21H28FN3O/c22-18-7-6-16-8-12-25(20(16)14-18)13-9-21(26)23-15-17-4-3-11-24-10-2-1-5-19(17)24/h6-8,12,14,17,19H,1-5,9-11,13,15H2,(H,23,26)/t17-,19-/m1/s1. The molecule has 2 aromatic rings. The summed E-state index contributed by atoms with van der Waals surface area (Å²) in [7, 11) is 0. The summed E-state index contributed by atoms with van der Waals surface area (Å²) < 4.78 is 15.4. The first-order valence-electron chi connectivity index (χ1n) is 9.96. The van der Waals surface area contributed by atoms with Crippen LogP contribution in [-0.2, 0) is 11.3 Å². The maximum Gasteiger partial charge on any atom is 0.221 e. The highest BCUT2D eigenvalue weighted by Crippen LogP contribution is 2.30. The van der Waals surface area contributed by atoms with Crippen LogP contribution in [0, 0.1) is 11.7 Å². The van der Waals surface area contributed by atoms with Gasteiger partial charge >= 0.3 is 0 Å². The maximum absolute atomic E-state index is 13.5. The smallest absolute Gasteiger partial charge is 0.221 e. The van der Waals surface area contributed by atoms with E-state index in [1.165, 1.54) is 57.3 Å². The number of rotatable bonds is 5. The molecule has 4 rings (SSSR count). The second-order valence-corrected chi connectivity index (χ2v) is 7.77. The first-order valence-corrected chi connectivity index (χ1v) is 9.96. The van der Waals surface area contributed by atoms with E-state index >= 15 is 0 Å². The molecule has 1 amide bonds. The number of hydrogen-bond donors (Lipinski definition) is 1. The minimum absolute atomic E-state index is 0.0937. The van der Waals surface area contributed by atoms with Gasteiger partial charge in [-0.05, 0) is 74.3 Å². The van der Waals surface area contributed by atoms with E-state index in [0.717, 1.165) is 17.4 Å². The number of carbonyl (C=O) groups is 1. The summed E-state index contributed by atoms with van der Waals surface area (Å²) >= 11 is 0. The van der Waals surface area contributed by atoms with E-state index in [-0.39, 0.29) is 11.7 Å². The van der Waals surface area contributed by atoms with Crippen LogP contribution in [0.1, 0.15) is 38.5 Å². The first-order chi connectivity index (χ1) is 12.7. The number of nitrogens with one attached hydrogen (secondary N) is 1. The van der Waals surface area contributed by atoms with Crippen LogP contribution in [-0.4, -0.2) is 41.1 Å². The fraction of sp³-hybridized carbons (Fsp3) is 0.571. The molecule has 140 valence electrons. The Hall–Kier alpha value is -1.88. The van der Waals surface area contributed by atoms with Crippen LogP contribution in [0.4, 0.5) is 4.39 Å². The van der Waals surface area contributed by atoms with Crippen molar-refractivity contribution in [1.29, 1.82) is 0 Å². The van der Waals surface area contributed by atoms with Crippen molar-refractivity contribution in [3.8, 4) is 0 Å². The predicted octanol–water partition coefficient (Wildman–Crippen LogP) is 3.55. The van der Waals surface area contributed by atoms with Gasteiger partial charge in [-0.1, -0.05) is 6.42 Å². The zero-order chi connectivity index (χ0) is 17.9. The summed E-state index contributed by atoms with van der Waals surface area (Å²) in [6.07, 6.45) is 8.76. The van der Waals surface area contributed by atoms with E-state index < -0.39 is 0 Å². The number of benzene rings is 1. The molecule has 2 atom stereocenters. The number of hydrogen-bond acceptors (Lipinski definition) is 2. The van der Waals surface area contributed by atoms with E-state index in [9.17, 15) is 9.18 Å². The molecular weight excluding hydrogens is 329 g/mol. The Morgan fingerprint density at radius 3 is 2.96 bits per heavy atom. The number of nitrogens with zero attached hydrogens (tertiary/aromatic N) is 2.